The van der Waals surface area contributed by atoms with Crippen molar-refractivity contribution in [2.24, 2.45) is 0 Å². The first kappa shape index (κ1) is 28.6. The third kappa shape index (κ3) is 4.64. The van der Waals surface area contributed by atoms with Crippen molar-refractivity contribution >= 4 is 38.8 Å². The summed E-state index contributed by atoms with van der Waals surface area (Å²) in [7, 11) is 0. The highest BCUT2D eigenvalue weighted by Crippen LogP contribution is 2.39. The molecule has 10 rings (SSSR count). The molecule has 1 aliphatic rings. The molecule has 7 aromatic carbocycles. The first-order valence-corrected chi connectivity index (χ1v) is 17.5. The van der Waals surface area contributed by atoms with Gasteiger partial charge in [-0.3, -0.25) is 0 Å². The average molecular weight is 639 g/mol. The molecule has 2 aromatic heterocycles. The van der Waals surface area contributed by atoms with Crippen LogP contribution in [0.1, 0.15) is 17.7 Å². The van der Waals surface area contributed by atoms with Gasteiger partial charge in [-0.25, -0.2) is 0 Å². The Morgan fingerprint density at radius 2 is 0.840 bits per heavy atom. The van der Waals surface area contributed by atoms with Crippen LogP contribution < -0.4 is 0 Å². The van der Waals surface area contributed by atoms with E-state index in [1.54, 1.807) is 0 Å². The zero-order chi connectivity index (χ0) is 33.0. The van der Waals surface area contributed by atoms with Gasteiger partial charge in [0.25, 0.3) is 0 Å². The molecule has 50 heavy (non-hydrogen) atoms. The SMILES string of the molecule is C1=Cc2c(n(-c3ccc(-c4ccccc4)cc3)c3ccc(-c4ccc5c(c4)c4ccccc4n5-c4ccc(-c5ccccc5)cc4)cc23)CC1. The lowest BCUT2D eigenvalue weighted by molar-refractivity contribution is 0.888. The minimum Gasteiger partial charge on any atom is -0.313 e. The molecule has 2 heterocycles. The van der Waals surface area contributed by atoms with E-state index in [4.69, 9.17) is 0 Å². The van der Waals surface area contributed by atoms with E-state index in [1.165, 1.54) is 88.7 Å². The number of benzene rings is 7. The maximum Gasteiger partial charge on any atom is 0.0541 e. The van der Waals surface area contributed by atoms with Crippen LogP contribution in [0.4, 0.5) is 0 Å². The summed E-state index contributed by atoms with van der Waals surface area (Å²) in [6.45, 7) is 0. The van der Waals surface area contributed by atoms with E-state index < -0.39 is 0 Å². The van der Waals surface area contributed by atoms with Gasteiger partial charge in [-0.05, 0) is 101 Å². The number of allylic oxidation sites excluding steroid dienone is 1. The second kappa shape index (κ2) is 11.6. The van der Waals surface area contributed by atoms with E-state index in [9.17, 15) is 0 Å². The standard InChI is InChI=1S/C48H34N2/c1-3-11-33(12-4-1)35-19-25-39(26-20-35)49-45-17-9-7-15-41(45)43-31-37(23-29-47(43)49)38-24-30-48-44(32-38)42-16-8-10-18-46(42)50(48)40-27-21-36(22-28-40)34-13-5-2-6-14-34/h1-9,11-17,19-32H,10,18H2. The van der Waals surface area contributed by atoms with Gasteiger partial charge in [-0.15, -0.1) is 0 Å². The van der Waals surface area contributed by atoms with Crippen molar-refractivity contribution in [2.45, 2.75) is 12.8 Å². The Bertz CT molecular complexity index is 2710. The lowest BCUT2D eigenvalue weighted by atomic mass is 9.98. The van der Waals surface area contributed by atoms with Crippen molar-refractivity contribution in [3.05, 3.63) is 187 Å². The summed E-state index contributed by atoms with van der Waals surface area (Å²) in [4.78, 5) is 0. The molecular weight excluding hydrogens is 605 g/mol. The zero-order valence-corrected chi connectivity index (χ0v) is 27.6. The molecule has 0 N–H and O–H groups in total. The highest BCUT2D eigenvalue weighted by atomic mass is 15.0. The summed E-state index contributed by atoms with van der Waals surface area (Å²) >= 11 is 0. The largest absolute Gasteiger partial charge is 0.313 e. The second-order valence-corrected chi connectivity index (χ2v) is 13.3. The lowest BCUT2D eigenvalue weighted by Crippen LogP contribution is -2.02. The molecule has 236 valence electrons. The van der Waals surface area contributed by atoms with Crippen LogP contribution in [0.25, 0.3) is 83.5 Å². The van der Waals surface area contributed by atoms with Gasteiger partial charge in [0.2, 0.25) is 0 Å². The minimum atomic E-state index is 1.04. The number of nitrogens with zero attached hydrogens (tertiary/aromatic N) is 2. The van der Waals surface area contributed by atoms with Crippen LogP contribution in [0.15, 0.2) is 176 Å². The van der Waals surface area contributed by atoms with Crippen molar-refractivity contribution in [2.75, 3.05) is 0 Å². The van der Waals surface area contributed by atoms with Crippen LogP contribution in [-0.2, 0) is 6.42 Å². The molecular formula is C48H34N2. The zero-order valence-electron chi connectivity index (χ0n) is 27.6. The quantitative estimate of drug-likeness (QED) is 0.178. The van der Waals surface area contributed by atoms with E-state index in [-0.39, 0.29) is 0 Å². The van der Waals surface area contributed by atoms with Crippen molar-refractivity contribution in [3.8, 4) is 44.8 Å². The smallest absolute Gasteiger partial charge is 0.0541 e. The van der Waals surface area contributed by atoms with Crippen LogP contribution in [0.2, 0.25) is 0 Å². The predicted octanol–water partition coefficient (Wildman–Crippen LogP) is 12.7. The molecule has 0 spiro atoms. The second-order valence-electron chi connectivity index (χ2n) is 13.3. The predicted molar refractivity (Wildman–Crippen MR) is 211 cm³/mol. The Labute approximate surface area is 291 Å². The summed E-state index contributed by atoms with van der Waals surface area (Å²) in [6, 6.07) is 62.0. The maximum atomic E-state index is 2.48. The molecule has 0 amide bonds. The maximum absolute atomic E-state index is 2.48. The Hall–Kier alpha value is -6.38. The molecule has 0 fully saturated rings. The topological polar surface area (TPSA) is 9.86 Å². The number of aromatic nitrogens is 2. The molecule has 0 aliphatic heterocycles. The van der Waals surface area contributed by atoms with Gasteiger partial charge in [0.1, 0.15) is 0 Å². The molecule has 9 aromatic rings. The van der Waals surface area contributed by atoms with E-state index in [1.807, 2.05) is 0 Å². The van der Waals surface area contributed by atoms with Crippen LogP contribution in [0.3, 0.4) is 0 Å². The van der Waals surface area contributed by atoms with Crippen molar-refractivity contribution in [1.29, 1.82) is 0 Å². The molecule has 0 bridgehead atoms. The molecule has 2 heteroatoms. The van der Waals surface area contributed by atoms with Gasteiger partial charge in [0, 0.05) is 38.8 Å². The first-order chi connectivity index (χ1) is 24.8. The number of fused-ring (bicyclic) bond motifs is 6. The summed E-state index contributed by atoms with van der Waals surface area (Å²) in [6.07, 6.45) is 6.76. The van der Waals surface area contributed by atoms with Crippen LogP contribution in [0, 0.1) is 0 Å². The van der Waals surface area contributed by atoms with Gasteiger partial charge in [-0.1, -0.05) is 127 Å². The van der Waals surface area contributed by atoms with Crippen molar-refractivity contribution < 1.29 is 0 Å². The van der Waals surface area contributed by atoms with Crippen molar-refractivity contribution in [1.82, 2.24) is 9.13 Å². The summed E-state index contributed by atoms with van der Waals surface area (Å²) in [5.74, 6) is 0. The Morgan fingerprint density at radius 3 is 1.48 bits per heavy atom. The Balaban J connectivity index is 1.07. The van der Waals surface area contributed by atoms with Gasteiger partial charge in [-0.2, -0.15) is 0 Å². The van der Waals surface area contributed by atoms with Gasteiger partial charge in [0.15, 0.2) is 0 Å². The van der Waals surface area contributed by atoms with E-state index >= 15 is 0 Å². The number of para-hydroxylation sites is 1. The van der Waals surface area contributed by atoms with Gasteiger partial charge < -0.3 is 9.13 Å². The molecule has 2 nitrogen and oxygen atoms in total. The number of hydrogen-bond donors (Lipinski definition) is 0. The van der Waals surface area contributed by atoms with Gasteiger partial charge in [0.05, 0.1) is 16.6 Å². The fraction of sp³-hybridized carbons (Fsp3) is 0.0417. The molecule has 0 unspecified atom stereocenters. The van der Waals surface area contributed by atoms with Crippen LogP contribution >= 0.6 is 0 Å². The third-order valence-corrected chi connectivity index (χ3v) is 10.4. The molecule has 0 saturated carbocycles. The highest BCUT2D eigenvalue weighted by Gasteiger charge is 2.20. The average Bonchev–Trinajstić information content (AvgIpc) is 3.71. The molecule has 1 aliphatic carbocycles. The fourth-order valence-corrected chi connectivity index (χ4v) is 7.99. The normalized spacial score (nSPS) is 12.6. The van der Waals surface area contributed by atoms with Crippen LogP contribution in [-0.4, -0.2) is 9.13 Å². The summed E-state index contributed by atoms with van der Waals surface area (Å²) < 4.78 is 4.88. The Morgan fingerprint density at radius 1 is 0.360 bits per heavy atom. The fourth-order valence-electron chi connectivity index (χ4n) is 7.99. The summed E-state index contributed by atoms with van der Waals surface area (Å²) in [5.41, 5.74) is 16.2. The number of hydrogen-bond acceptors (Lipinski definition) is 0. The molecule has 0 radical (unpaired) electrons. The monoisotopic (exact) mass is 638 g/mol. The highest BCUT2D eigenvalue weighted by molar-refractivity contribution is 6.10. The van der Waals surface area contributed by atoms with Gasteiger partial charge >= 0.3 is 0 Å². The van der Waals surface area contributed by atoms with Crippen LogP contribution in [0.5, 0.6) is 0 Å². The van der Waals surface area contributed by atoms with E-state index in [2.05, 4.69) is 191 Å². The number of rotatable bonds is 5. The first-order valence-electron chi connectivity index (χ1n) is 17.5. The third-order valence-electron chi connectivity index (χ3n) is 10.4. The van der Waals surface area contributed by atoms with E-state index in [0.717, 1.165) is 12.8 Å². The van der Waals surface area contributed by atoms with E-state index in [0.29, 0.717) is 0 Å². The van der Waals surface area contributed by atoms with Crippen molar-refractivity contribution in [3.63, 3.8) is 0 Å². The minimum absolute atomic E-state index is 1.04. The lowest BCUT2D eigenvalue weighted by Gasteiger charge is -2.14. The molecule has 0 saturated heterocycles. The Kier molecular flexibility index (Phi) is 6.67. The molecule has 0 atom stereocenters. The summed E-state index contributed by atoms with van der Waals surface area (Å²) in [5, 5.41) is 3.84.